The molecule has 0 radical (unpaired) electrons. The summed E-state index contributed by atoms with van der Waals surface area (Å²) in [6.45, 7) is 36.9. The van der Waals surface area contributed by atoms with E-state index >= 15 is 0 Å². The molecule has 0 aromatic heterocycles. The van der Waals surface area contributed by atoms with Crippen LogP contribution in [0.5, 0.6) is 0 Å². The topological polar surface area (TPSA) is 18.5 Å². The molecule has 4 aliphatic carbocycles. The van der Waals surface area contributed by atoms with Crippen LogP contribution in [0.3, 0.4) is 0 Å². The lowest BCUT2D eigenvalue weighted by Gasteiger charge is -2.59. The Bertz CT molecular complexity index is 1100. The van der Waals surface area contributed by atoms with Gasteiger partial charge < -0.3 is 8.85 Å². The lowest BCUT2D eigenvalue weighted by Crippen LogP contribution is -2.57. The van der Waals surface area contributed by atoms with Gasteiger partial charge in [-0.15, -0.1) is 0 Å². The lowest BCUT2D eigenvalue weighted by molar-refractivity contribution is -0.0509. The third-order valence-electron chi connectivity index (χ3n) is 13.9. The Morgan fingerprint density at radius 3 is 2.09 bits per heavy atom. The zero-order chi connectivity index (χ0) is 32.4. The van der Waals surface area contributed by atoms with E-state index < -0.39 is 16.6 Å². The van der Waals surface area contributed by atoms with E-state index in [-0.39, 0.29) is 27.0 Å². The van der Waals surface area contributed by atoms with E-state index in [9.17, 15) is 0 Å². The molecule has 4 heteroatoms. The fourth-order valence-electron chi connectivity index (χ4n) is 9.05. The highest BCUT2D eigenvalue weighted by Gasteiger charge is 2.61. The van der Waals surface area contributed by atoms with Gasteiger partial charge in [-0.2, -0.15) is 0 Å². The van der Waals surface area contributed by atoms with Gasteiger partial charge in [0.15, 0.2) is 16.6 Å². The number of hydrogen-bond acceptors (Lipinski definition) is 2. The Balaban J connectivity index is 1.75. The van der Waals surface area contributed by atoms with Crippen LogP contribution < -0.4 is 0 Å². The van der Waals surface area contributed by atoms with Crippen molar-refractivity contribution >= 4 is 16.6 Å². The summed E-state index contributed by atoms with van der Waals surface area (Å²) in [5.41, 5.74) is 3.70. The van der Waals surface area contributed by atoms with Crippen molar-refractivity contribution in [1.29, 1.82) is 0 Å². The van der Waals surface area contributed by atoms with Crippen molar-refractivity contribution < 1.29 is 8.85 Å². The molecule has 0 aromatic carbocycles. The average Bonchev–Trinajstić information content (AvgIpc) is 3.20. The van der Waals surface area contributed by atoms with Crippen LogP contribution in [0, 0.1) is 40.4 Å². The van der Waals surface area contributed by atoms with Crippen molar-refractivity contribution in [2.75, 3.05) is 0 Å². The normalized spacial score (nSPS) is 34.7. The van der Waals surface area contributed by atoms with Crippen LogP contribution in [-0.4, -0.2) is 28.8 Å². The molecule has 2 fully saturated rings. The minimum Gasteiger partial charge on any atom is -0.414 e. The van der Waals surface area contributed by atoms with Crippen LogP contribution in [0.15, 0.2) is 35.5 Å². The Morgan fingerprint density at radius 1 is 0.884 bits per heavy atom. The third-order valence-corrected chi connectivity index (χ3v) is 22.9. The zero-order valence-corrected chi connectivity index (χ0v) is 33.1. The fourth-order valence-corrected chi connectivity index (χ4v) is 11.8. The third kappa shape index (κ3) is 6.57. The average molecular weight is 627 g/mol. The fraction of sp³-hybridized carbons (Fsp3) is 0.846. The van der Waals surface area contributed by atoms with Crippen LogP contribution in [0.4, 0.5) is 0 Å². The summed E-state index contributed by atoms with van der Waals surface area (Å²) in [7, 11) is -3.86. The Labute approximate surface area is 270 Å². The quantitative estimate of drug-likeness (QED) is 0.237. The lowest BCUT2D eigenvalue weighted by atomic mass is 9.49. The van der Waals surface area contributed by atoms with E-state index in [1.807, 2.05) is 0 Å². The smallest absolute Gasteiger partial charge is 0.192 e. The van der Waals surface area contributed by atoms with Crippen LogP contribution in [-0.2, 0) is 8.85 Å². The predicted octanol–water partition coefficient (Wildman–Crippen LogP) is 12.1. The first kappa shape index (κ1) is 35.4. The number of allylic oxidation sites excluding steroid dienone is 5. The minimum absolute atomic E-state index is 0.183. The summed E-state index contributed by atoms with van der Waals surface area (Å²) in [5.74, 6) is 3.08. The standard InChI is InChI=1S/C39H70O2Si2/c1-27(2)19-24-33(40-42(12,13)36(4,5)6)28(3)31-22-23-32-30-21-20-29-18-16-17-25-38(29,10)35(30)34(26-39(31,32)11)41-43(14,15)37(7,8)9/h16,18,20-21,27-28,31-35H,17,19,22-26H2,1-15H3/t28-,31+,32-,33+,34+,35+,38-,39+/m0/s1. The Kier molecular flexibility index (Phi) is 9.87. The SMILES string of the molecule is CC(C)CC[C@@H](O[Si](C)(C)C(C)(C)C)[C@@H](C)[C@H]1CC[C@H]2C3=CC=C4C=CCC[C@]4(C)[C@H]3[C@H](O[Si](C)(C)C(C)(C)C)C[C@]12C. The first-order chi connectivity index (χ1) is 19.6. The number of hydrogen-bond donors (Lipinski definition) is 0. The molecule has 43 heavy (non-hydrogen) atoms. The second-order valence-electron chi connectivity index (χ2n) is 19.2. The van der Waals surface area contributed by atoms with Gasteiger partial charge in [0.1, 0.15) is 0 Å². The van der Waals surface area contributed by atoms with E-state index in [0.29, 0.717) is 35.7 Å². The van der Waals surface area contributed by atoms with Crippen LogP contribution >= 0.6 is 0 Å². The number of rotatable bonds is 9. The van der Waals surface area contributed by atoms with Gasteiger partial charge in [-0.25, -0.2) is 0 Å². The highest BCUT2D eigenvalue weighted by atomic mass is 28.4. The summed E-state index contributed by atoms with van der Waals surface area (Å²) in [5, 5.41) is 0.433. The molecule has 0 N–H and O–H groups in total. The zero-order valence-electron chi connectivity index (χ0n) is 31.1. The van der Waals surface area contributed by atoms with Crippen molar-refractivity contribution in [3.05, 3.63) is 35.5 Å². The van der Waals surface area contributed by atoms with Crippen LogP contribution in [0.2, 0.25) is 36.3 Å². The van der Waals surface area contributed by atoms with E-state index in [0.717, 1.165) is 0 Å². The summed E-state index contributed by atoms with van der Waals surface area (Å²) in [6, 6.07) is 0. The molecule has 0 spiro atoms. The highest BCUT2D eigenvalue weighted by Crippen LogP contribution is 2.67. The summed E-state index contributed by atoms with van der Waals surface area (Å²) >= 11 is 0. The van der Waals surface area contributed by atoms with Gasteiger partial charge in [0.2, 0.25) is 0 Å². The van der Waals surface area contributed by atoms with Crippen LogP contribution in [0.25, 0.3) is 0 Å². The molecule has 2 nitrogen and oxygen atoms in total. The van der Waals surface area contributed by atoms with Gasteiger partial charge in [0, 0.05) is 17.4 Å². The summed E-state index contributed by atoms with van der Waals surface area (Å²) < 4.78 is 15.0. The number of fused-ring (bicyclic) bond motifs is 5. The maximum atomic E-state index is 7.62. The van der Waals surface area contributed by atoms with E-state index in [1.54, 1.807) is 11.1 Å². The maximum absolute atomic E-state index is 7.62. The summed E-state index contributed by atoms with van der Waals surface area (Å²) in [4.78, 5) is 0. The van der Waals surface area contributed by atoms with Gasteiger partial charge in [-0.05, 0) is 116 Å². The molecular formula is C39H70O2Si2. The Hall–Kier alpha value is -0.426. The molecule has 0 aromatic rings. The molecular weight excluding hydrogens is 557 g/mol. The molecule has 8 atom stereocenters. The molecule has 0 amide bonds. The van der Waals surface area contributed by atoms with Crippen molar-refractivity contribution in [3.8, 4) is 0 Å². The highest BCUT2D eigenvalue weighted by molar-refractivity contribution is 6.74. The first-order valence-electron chi connectivity index (χ1n) is 18.0. The molecule has 246 valence electrons. The molecule has 0 bridgehead atoms. The summed E-state index contributed by atoms with van der Waals surface area (Å²) in [6.07, 6.45) is 19.3. The minimum atomic E-state index is -1.97. The molecule has 4 aliphatic rings. The monoisotopic (exact) mass is 626 g/mol. The molecule has 2 saturated carbocycles. The molecule has 0 aliphatic heterocycles. The second kappa shape index (κ2) is 12.0. The molecule has 0 unspecified atom stereocenters. The molecule has 0 heterocycles. The van der Waals surface area contributed by atoms with E-state index in [2.05, 4.69) is 127 Å². The van der Waals surface area contributed by atoms with Gasteiger partial charge in [0.25, 0.3) is 0 Å². The largest absolute Gasteiger partial charge is 0.414 e. The predicted molar refractivity (Wildman–Crippen MR) is 192 cm³/mol. The van der Waals surface area contributed by atoms with Crippen molar-refractivity contribution in [3.63, 3.8) is 0 Å². The van der Waals surface area contributed by atoms with Gasteiger partial charge in [0.05, 0.1) is 6.10 Å². The van der Waals surface area contributed by atoms with E-state index in [4.69, 9.17) is 8.85 Å². The van der Waals surface area contributed by atoms with Crippen molar-refractivity contribution in [2.45, 2.75) is 170 Å². The molecule has 0 saturated heterocycles. The van der Waals surface area contributed by atoms with Gasteiger partial charge >= 0.3 is 0 Å². The van der Waals surface area contributed by atoms with E-state index in [1.165, 1.54) is 44.9 Å². The van der Waals surface area contributed by atoms with Gasteiger partial charge in [-0.1, -0.05) is 106 Å². The Morgan fingerprint density at radius 2 is 1.51 bits per heavy atom. The first-order valence-corrected chi connectivity index (χ1v) is 23.8. The molecule has 4 rings (SSSR count). The second-order valence-corrected chi connectivity index (χ2v) is 28.7. The van der Waals surface area contributed by atoms with Crippen molar-refractivity contribution in [2.24, 2.45) is 40.4 Å². The van der Waals surface area contributed by atoms with Crippen LogP contribution in [0.1, 0.15) is 121 Å². The van der Waals surface area contributed by atoms with Crippen molar-refractivity contribution in [1.82, 2.24) is 0 Å². The van der Waals surface area contributed by atoms with Gasteiger partial charge in [-0.3, -0.25) is 0 Å². The maximum Gasteiger partial charge on any atom is 0.192 e.